The van der Waals surface area contributed by atoms with Crippen LogP contribution < -0.4 is 0 Å². The van der Waals surface area contributed by atoms with Gasteiger partial charge in [-0.3, -0.25) is 4.79 Å². The van der Waals surface area contributed by atoms with Gasteiger partial charge in [0.2, 0.25) is 0 Å². The molecule has 1 aromatic heterocycles. The van der Waals surface area contributed by atoms with Crippen LogP contribution in [0.4, 0.5) is 0 Å². The van der Waals surface area contributed by atoms with Crippen LogP contribution in [-0.2, 0) is 0 Å². The van der Waals surface area contributed by atoms with E-state index in [0.717, 1.165) is 25.7 Å². The Labute approximate surface area is 121 Å². The molecule has 5 nitrogen and oxygen atoms in total. The average Bonchev–Trinajstić information content (AvgIpc) is 2.92. The Bertz CT molecular complexity index is 464. The highest BCUT2D eigenvalue weighted by molar-refractivity contribution is 6.34. The van der Waals surface area contributed by atoms with Gasteiger partial charge in [0.25, 0.3) is 5.91 Å². The number of hydrogen-bond acceptors (Lipinski definition) is 4. The van der Waals surface area contributed by atoms with Gasteiger partial charge < -0.3 is 10.0 Å². The van der Waals surface area contributed by atoms with Gasteiger partial charge in [-0.2, -0.15) is 0 Å². The monoisotopic (exact) mass is 303 g/mol. The molecule has 1 N–H and O–H groups in total. The molecule has 1 aromatic rings. The molecule has 1 fully saturated rings. The minimum atomic E-state index is -0.247. The highest BCUT2D eigenvalue weighted by atomic mass is 35.5. The Balaban J connectivity index is 2.25. The summed E-state index contributed by atoms with van der Waals surface area (Å²) in [4.78, 5) is 14.2. The van der Waals surface area contributed by atoms with Gasteiger partial charge >= 0.3 is 0 Å². The lowest BCUT2D eigenvalue weighted by molar-refractivity contribution is 0.0637. The predicted octanol–water partition coefficient (Wildman–Crippen LogP) is 2.16. The molecule has 1 saturated carbocycles. The fourth-order valence-electron chi connectivity index (χ4n) is 2.43. The molecular formula is C12H15Cl2N3O2. The van der Waals surface area contributed by atoms with E-state index in [0.29, 0.717) is 6.54 Å². The molecule has 0 aliphatic heterocycles. The fourth-order valence-corrected chi connectivity index (χ4v) is 2.75. The van der Waals surface area contributed by atoms with Crippen molar-refractivity contribution in [1.29, 1.82) is 0 Å². The van der Waals surface area contributed by atoms with Crippen molar-refractivity contribution in [3.8, 4) is 0 Å². The molecule has 104 valence electrons. The molecule has 1 amide bonds. The SMILES string of the molecule is O=C(c1cc(Cl)nnc1Cl)N(CCO)C1CCCC1. The third kappa shape index (κ3) is 3.35. The van der Waals surface area contributed by atoms with Crippen molar-refractivity contribution < 1.29 is 9.90 Å². The van der Waals surface area contributed by atoms with Crippen molar-refractivity contribution in [2.45, 2.75) is 31.7 Å². The Morgan fingerprint density at radius 1 is 1.37 bits per heavy atom. The van der Waals surface area contributed by atoms with Gasteiger partial charge in [-0.05, 0) is 18.9 Å². The van der Waals surface area contributed by atoms with Gasteiger partial charge in [0, 0.05) is 12.6 Å². The molecule has 0 spiro atoms. The molecule has 0 radical (unpaired) electrons. The number of carbonyl (C=O) groups is 1. The van der Waals surface area contributed by atoms with Gasteiger partial charge in [0.05, 0.1) is 12.2 Å². The quantitative estimate of drug-likeness (QED) is 0.925. The van der Waals surface area contributed by atoms with E-state index in [1.54, 1.807) is 4.90 Å². The van der Waals surface area contributed by atoms with Gasteiger partial charge in [0.1, 0.15) is 0 Å². The number of carbonyl (C=O) groups excluding carboxylic acids is 1. The first-order valence-corrected chi connectivity index (χ1v) is 6.99. The summed E-state index contributed by atoms with van der Waals surface area (Å²) < 4.78 is 0. The van der Waals surface area contributed by atoms with Crippen molar-refractivity contribution >= 4 is 29.1 Å². The second-order valence-corrected chi connectivity index (χ2v) is 5.28. The maximum atomic E-state index is 12.5. The maximum Gasteiger partial charge on any atom is 0.257 e. The summed E-state index contributed by atoms with van der Waals surface area (Å²) in [5.74, 6) is -0.247. The highest BCUT2D eigenvalue weighted by Gasteiger charge is 2.28. The lowest BCUT2D eigenvalue weighted by Crippen LogP contribution is -2.41. The predicted molar refractivity (Wildman–Crippen MR) is 72.4 cm³/mol. The number of aliphatic hydroxyl groups excluding tert-OH is 1. The zero-order chi connectivity index (χ0) is 13.8. The first-order chi connectivity index (χ1) is 9.13. The molecule has 0 aromatic carbocycles. The summed E-state index contributed by atoms with van der Waals surface area (Å²) in [6.07, 6.45) is 4.11. The third-order valence-corrected chi connectivity index (χ3v) is 3.78. The number of rotatable bonds is 4. The normalized spacial score (nSPS) is 15.7. The number of hydrogen-bond donors (Lipinski definition) is 1. The summed E-state index contributed by atoms with van der Waals surface area (Å²) in [7, 11) is 0. The first-order valence-electron chi connectivity index (χ1n) is 6.24. The molecule has 7 heteroatoms. The van der Waals surface area contributed by atoms with E-state index in [1.165, 1.54) is 6.07 Å². The third-order valence-electron chi connectivity index (χ3n) is 3.32. The van der Waals surface area contributed by atoms with Gasteiger partial charge in [-0.1, -0.05) is 36.0 Å². The summed E-state index contributed by atoms with van der Waals surface area (Å²) in [6, 6.07) is 1.57. The lowest BCUT2D eigenvalue weighted by atomic mass is 10.1. The lowest BCUT2D eigenvalue weighted by Gasteiger charge is -2.28. The minimum absolute atomic E-state index is 0.0373. The second-order valence-electron chi connectivity index (χ2n) is 4.53. The maximum absolute atomic E-state index is 12.5. The molecule has 1 aliphatic carbocycles. The zero-order valence-electron chi connectivity index (χ0n) is 10.4. The summed E-state index contributed by atoms with van der Waals surface area (Å²) in [5, 5.41) is 16.5. The number of nitrogens with zero attached hydrogens (tertiary/aromatic N) is 3. The van der Waals surface area contributed by atoms with Gasteiger partial charge in [0.15, 0.2) is 10.3 Å². The van der Waals surface area contributed by atoms with Gasteiger partial charge in [-0.25, -0.2) is 0 Å². The van der Waals surface area contributed by atoms with E-state index in [4.69, 9.17) is 28.3 Å². The molecule has 0 unspecified atom stereocenters. The largest absolute Gasteiger partial charge is 0.395 e. The van der Waals surface area contributed by atoms with E-state index in [2.05, 4.69) is 10.2 Å². The van der Waals surface area contributed by atoms with E-state index >= 15 is 0 Å². The smallest absolute Gasteiger partial charge is 0.257 e. The van der Waals surface area contributed by atoms with Crippen LogP contribution in [0.15, 0.2) is 6.07 Å². The van der Waals surface area contributed by atoms with Crippen LogP contribution in [0.2, 0.25) is 10.3 Å². The fraction of sp³-hybridized carbons (Fsp3) is 0.583. The van der Waals surface area contributed by atoms with Crippen LogP contribution in [0, 0.1) is 0 Å². The Morgan fingerprint density at radius 3 is 2.68 bits per heavy atom. The van der Waals surface area contributed by atoms with Crippen molar-refractivity contribution in [2.75, 3.05) is 13.2 Å². The molecule has 0 bridgehead atoms. The van der Waals surface area contributed by atoms with E-state index < -0.39 is 0 Å². The molecule has 0 saturated heterocycles. The Morgan fingerprint density at radius 2 is 2.05 bits per heavy atom. The van der Waals surface area contributed by atoms with E-state index in [-0.39, 0.29) is 34.4 Å². The van der Waals surface area contributed by atoms with Crippen LogP contribution in [0.3, 0.4) is 0 Å². The van der Waals surface area contributed by atoms with Crippen molar-refractivity contribution in [2.24, 2.45) is 0 Å². The van der Waals surface area contributed by atoms with Crippen LogP contribution >= 0.6 is 23.2 Å². The van der Waals surface area contributed by atoms with Crippen molar-refractivity contribution in [3.05, 3.63) is 21.9 Å². The number of aromatic nitrogens is 2. The number of amides is 1. The Hall–Kier alpha value is -0.910. The van der Waals surface area contributed by atoms with Gasteiger partial charge in [-0.15, -0.1) is 10.2 Å². The summed E-state index contributed by atoms with van der Waals surface area (Å²) in [6.45, 7) is 0.214. The number of aliphatic hydroxyl groups is 1. The van der Waals surface area contributed by atoms with Crippen molar-refractivity contribution in [3.63, 3.8) is 0 Å². The minimum Gasteiger partial charge on any atom is -0.395 e. The zero-order valence-corrected chi connectivity index (χ0v) is 11.9. The molecule has 0 atom stereocenters. The van der Waals surface area contributed by atoms with E-state index in [9.17, 15) is 4.79 Å². The number of halogens is 2. The molecular weight excluding hydrogens is 289 g/mol. The second kappa shape index (κ2) is 6.50. The van der Waals surface area contributed by atoms with Crippen LogP contribution in [-0.4, -0.2) is 45.3 Å². The summed E-state index contributed by atoms with van der Waals surface area (Å²) >= 11 is 11.6. The topological polar surface area (TPSA) is 66.3 Å². The van der Waals surface area contributed by atoms with E-state index in [1.807, 2.05) is 0 Å². The molecule has 19 heavy (non-hydrogen) atoms. The van der Waals surface area contributed by atoms with Crippen LogP contribution in [0.5, 0.6) is 0 Å². The molecule has 2 rings (SSSR count). The van der Waals surface area contributed by atoms with Crippen LogP contribution in [0.25, 0.3) is 0 Å². The highest BCUT2D eigenvalue weighted by Crippen LogP contribution is 2.26. The summed E-state index contributed by atoms with van der Waals surface area (Å²) in [5.41, 5.74) is 0.238. The Kier molecular flexibility index (Phi) is 4.96. The molecule has 1 aliphatic rings. The van der Waals surface area contributed by atoms with Crippen molar-refractivity contribution in [1.82, 2.24) is 15.1 Å². The average molecular weight is 304 g/mol. The molecule has 1 heterocycles. The standard InChI is InChI=1S/C12H15Cl2N3O2/c13-10-7-9(11(14)16-15-10)12(19)17(5-6-18)8-3-1-2-4-8/h7-8,18H,1-6H2. The first kappa shape index (κ1) is 14.5. The van der Waals surface area contributed by atoms with Crippen LogP contribution in [0.1, 0.15) is 36.0 Å².